The molecule has 8 heteroatoms. The maximum atomic E-state index is 11.9. The minimum absolute atomic E-state index is 0.0736. The van der Waals surface area contributed by atoms with Crippen LogP contribution in [0.5, 0.6) is 0 Å². The molecular weight excluding hydrogens is 254 g/mol. The molecule has 8 nitrogen and oxygen atoms in total. The van der Waals surface area contributed by atoms with Gasteiger partial charge in [-0.05, 0) is 6.92 Å². The largest absolute Gasteiger partial charge is 0.394 e. The van der Waals surface area contributed by atoms with Gasteiger partial charge in [0.25, 0.3) is 5.56 Å². The first kappa shape index (κ1) is 13.5. The first-order valence-corrected chi connectivity index (χ1v) is 5.78. The van der Waals surface area contributed by atoms with Crippen LogP contribution in [-0.4, -0.2) is 44.4 Å². The Hall–Kier alpha value is -1.93. The van der Waals surface area contributed by atoms with E-state index in [0.717, 1.165) is 4.57 Å². The van der Waals surface area contributed by atoms with Crippen molar-refractivity contribution >= 4 is 5.91 Å². The number of H-pyrrole nitrogens is 1. The lowest BCUT2D eigenvalue weighted by atomic mass is 9.98. The van der Waals surface area contributed by atoms with E-state index in [2.05, 4.69) is 10.3 Å². The molecule has 1 atom stereocenters. The molecule has 0 bridgehead atoms. The minimum atomic E-state index is -1.13. The predicted octanol–water partition coefficient (Wildman–Crippen LogP) is -2.37. The Morgan fingerprint density at radius 2 is 2.00 bits per heavy atom. The zero-order valence-electron chi connectivity index (χ0n) is 10.3. The molecular formula is C11H15N3O5. The lowest BCUT2D eigenvalue weighted by molar-refractivity contribution is -0.122. The number of aliphatic hydroxyl groups is 2. The third kappa shape index (κ3) is 2.20. The number of nitrogens with zero attached hydrogens (tertiary/aromatic N) is 1. The molecule has 0 radical (unpaired) electrons. The number of aromatic nitrogens is 2. The quantitative estimate of drug-likeness (QED) is 0.488. The molecule has 19 heavy (non-hydrogen) atoms. The molecule has 1 fully saturated rings. The molecule has 2 rings (SSSR count). The van der Waals surface area contributed by atoms with Crippen molar-refractivity contribution in [2.45, 2.75) is 24.9 Å². The zero-order chi connectivity index (χ0) is 14.2. The van der Waals surface area contributed by atoms with Crippen LogP contribution in [0.25, 0.3) is 0 Å². The highest BCUT2D eigenvalue weighted by Crippen LogP contribution is 2.27. The number of carbonyl (C=O) groups excluding carboxylic acids is 1. The number of aromatic amines is 1. The van der Waals surface area contributed by atoms with Gasteiger partial charge in [0.1, 0.15) is 6.04 Å². The SMILES string of the molecule is Cc1cn([C@H]2CC(CO)(CO)NC2=O)c(=O)[nH]c1=O. The molecule has 4 N–H and O–H groups in total. The second-order valence-corrected chi connectivity index (χ2v) is 4.78. The highest BCUT2D eigenvalue weighted by atomic mass is 16.3. The number of hydrogen-bond acceptors (Lipinski definition) is 5. The molecule has 0 aliphatic carbocycles. The topological polar surface area (TPSA) is 124 Å². The number of aliphatic hydroxyl groups excluding tert-OH is 2. The molecule has 0 unspecified atom stereocenters. The van der Waals surface area contributed by atoms with Crippen molar-refractivity contribution in [3.8, 4) is 0 Å². The van der Waals surface area contributed by atoms with Crippen molar-refractivity contribution < 1.29 is 15.0 Å². The molecule has 1 aromatic rings. The summed E-state index contributed by atoms with van der Waals surface area (Å²) in [5.41, 5.74) is -2.03. The van der Waals surface area contributed by atoms with Gasteiger partial charge in [-0.15, -0.1) is 0 Å². The first-order valence-electron chi connectivity index (χ1n) is 5.78. The van der Waals surface area contributed by atoms with E-state index in [4.69, 9.17) is 0 Å². The minimum Gasteiger partial charge on any atom is -0.394 e. The van der Waals surface area contributed by atoms with E-state index in [1.165, 1.54) is 13.1 Å². The molecule has 0 spiro atoms. The summed E-state index contributed by atoms with van der Waals surface area (Å²) < 4.78 is 1.11. The molecule has 1 aromatic heterocycles. The van der Waals surface area contributed by atoms with E-state index in [-0.39, 0.29) is 6.42 Å². The Bertz CT molecular complexity index is 613. The van der Waals surface area contributed by atoms with Gasteiger partial charge < -0.3 is 15.5 Å². The van der Waals surface area contributed by atoms with Crippen LogP contribution in [0.3, 0.4) is 0 Å². The molecule has 1 aliphatic rings. The highest BCUT2D eigenvalue weighted by molar-refractivity contribution is 5.83. The van der Waals surface area contributed by atoms with E-state index in [0.29, 0.717) is 5.56 Å². The molecule has 1 saturated heterocycles. The summed E-state index contributed by atoms with van der Waals surface area (Å²) in [5.74, 6) is -0.475. The van der Waals surface area contributed by atoms with Crippen LogP contribution >= 0.6 is 0 Å². The van der Waals surface area contributed by atoms with E-state index in [1.807, 2.05) is 0 Å². The molecule has 104 valence electrons. The van der Waals surface area contributed by atoms with Gasteiger partial charge in [-0.3, -0.25) is 19.1 Å². The van der Waals surface area contributed by atoms with E-state index >= 15 is 0 Å². The molecule has 0 saturated carbocycles. The van der Waals surface area contributed by atoms with Crippen molar-refractivity contribution in [1.29, 1.82) is 0 Å². The van der Waals surface area contributed by atoms with Crippen molar-refractivity contribution in [2.75, 3.05) is 13.2 Å². The smallest absolute Gasteiger partial charge is 0.329 e. The molecule has 2 heterocycles. The maximum Gasteiger partial charge on any atom is 0.329 e. The molecule has 0 aromatic carbocycles. The fraction of sp³-hybridized carbons (Fsp3) is 0.545. The second-order valence-electron chi connectivity index (χ2n) is 4.78. The fourth-order valence-corrected chi connectivity index (χ4v) is 2.16. The molecule has 1 aliphatic heterocycles. The van der Waals surface area contributed by atoms with Crippen molar-refractivity contribution in [2.24, 2.45) is 0 Å². The Kier molecular flexibility index (Phi) is 3.29. The van der Waals surface area contributed by atoms with Crippen LogP contribution in [-0.2, 0) is 4.79 Å². The third-order valence-corrected chi connectivity index (χ3v) is 3.36. The van der Waals surface area contributed by atoms with Crippen LogP contribution < -0.4 is 16.6 Å². The number of amides is 1. The van der Waals surface area contributed by atoms with Crippen molar-refractivity contribution in [1.82, 2.24) is 14.9 Å². The third-order valence-electron chi connectivity index (χ3n) is 3.36. The van der Waals surface area contributed by atoms with Gasteiger partial charge >= 0.3 is 5.69 Å². The van der Waals surface area contributed by atoms with Crippen LogP contribution in [0, 0.1) is 6.92 Å². The Morgan fingerprint density at radius 3 is 2.53 bits per heavy atom. The van der Waals surface area contributed by atoms with Gasteiger partial charge in [0.2, 0.25) is 5.91 Å². The van der Waals surface area contributed by atoms with Crippen LogP contribution in [0.15, 0.2) is 15.8 Å². The van der Waals surface area contributed by atoms with E-state index in [1.54, 1.807) is 0 Å². The number of aryl methyl sites for hydroxylation is 1. The summed E-state index contributed by atoms with van der Waals surface area (Å²) in [6, 6.07) is -0.859. The van der Waals surface area contributed by atoms with E-state index in [9.17, 15) is 24.6 Å². The van der Waals surface area contributed by atoms with Crippen LogP contribution in [0.2, 0.25) is 0 Å². The summed E-state index contributed by atoms with van der Waals surface area (Å²) in [5, 5.41) is 21.0. The van der Waals surface area contributed by atoms with Crippen LogP contribution in [0.4, 0.5) is 0 Å². The number of rotatable bonds is 3. The highest BCUT2D eigenvalue weighted by Gasteiger charge is 2.44. The molecule has 1 amide bonds. The second kappa shape index (κ2) is 4.63. The maximum absolute atomic E-state index is 11.9. The van der Waals surface area contributed by atoms with Crippen LogP contribution in [0.1, 0.15) is 18.0 Å². The number of nitrogens with one attached hydrogen (secondary N) is 2. The summed E-state index contributed by atoms with van der Waals surface area (Å²) in [6.07, 6.45) is 1.38. The first-order chi connectivity index (χ1) is 8.92. The average Bonchev–Trinajstić information content (AvgIpc) is 2.72. The monoisotopic (exact) mass is 269 g/mol. The number of carbonyl (C=O) groups is 1. The van der Waals surface area contributed by atoms with Gasteiger partial charge in [-0.25, -0.2) is 4.79 Å². The summed E-state index contributed by atoms with van der Waals surface area (Å²) in [4.78, 5) is 37.0. The lowest BCUT2D eigenvalue weighted by Crippen LogP contribution is -2.48. The number of hydrogen-bond donors (Lipinski definition) is 4. The zero-order valence-corrected chi connectivity index (χ0v) is 10.3. The van der Waals surface area contributed by atoms with Gasteiger partial charge in [0, 0.05) is 18.2 Å². The summed E-state index contributed by atoms with van der Waals surface area (Å²) in [6.45, 7) is 0.665. The summed E-state index contributed by atoms with van der Waals surface area (Å²) >= 11 is 0. The fourth-order valence-electron chi connectivity index (χ4n) is 2.16. The predicted molar refractivity (Wildman–Crippen MR) is 64.8 cm³/mol. The Morgan fingerprint density at radius 1 is 1.37 bits per heavy atom. The van der Waals surface area contributed by atoms with E-state index < -0.39 is 42.0 Å². The van der Waals surface area contributed by atoms with Gasteiger partial charge in [0.15, 0.2) is 0 Å². The Balaban J connectivity index is 2.44. The summed E-state index contributed by atoms with van der Waals surface area (Å²) in [7, 11) is 0. The van der Waals surface area contributed by atoms with Gasteiger partial charge in [0.05, 0.1) is 18.8 Å². The lowest BCUT2D eigenvalue weighted by Gasteiger charge is -2.23. The van der Waals surface area contributed by atoms with Gasteiger partial charge in [-0.2, -0.15) is 0 Å². The standard InChI is InChI=1S/C11H15N3O5/c1-6-3-14(10(19)12-8(6)17)7-2-11(4-15,5-16)13-9(7)18/h3,7,15-16H,2,4-5H2,1H3,(H,13,18)(H,12,17,19)/t7-/m0/s1. The van der Waals surface area contributed by atoms with Crippen molar-refractivity contribution in [3.05, 3.63) is 32.6 Å². The normalized spacial score (nSPS) is 21.4. The van der Waals surface area contributed by atoms with Gasteiger partial charge in [-0.1, -0.05) is 0 Å². The Labute approximate surface area is 107 Å². The average molecular weight is 269 g/mol. The van der Waals surface area contributed by atoms with Crippen molar-refractivity contribution in [3.63, 3.8) is 0 Å².